The van der Waals surface area contributed by atoms with E-state index in [0.29, 0.717) is 22.2 Å². The smallest absolute Gasteiger partial charge is 0.245 e. The van der Waals surface area contributed by atoms with Gasteiger partial charge in [0.15, 0.2) is 0 Å². The highest BCUT2D eigenvalue weighted by Gasteiger charge is 2.25. The number of ether oxygens (including phenoxy) is 3. The predicted molar refractivity (Wildman–Crippen MR) is 108 cm³/mol. The molecule has 1 amide bonds. The number of hydrogen-bond acceptors (Lipinski definition) is 6. The molecule has 0 fully saturated rings. The van der Waals surface area contributed by atoms with E-state index < -0.39 is 22.5 Å². The zero-order chi connectivity index (χ0) is 20.9. The first kappa shape index (κ1) is 21.6. The highest BCUT2D eigenvalue weighted by atomic mass is 35.5. The van der Waals surface area contributed by atoms with Gasteiger partial charge in [0.25, 0.3) is 0 Å². The first-order valence-corrected chi connectivity index (χ1v) is 10.3. The molecular formula is C18H21ClN2O6S. The molecule has 0 heterocycles. The van der Waals surface area contributed by atoms with E-state index in [4.69, 9.17) is 25.8 Å². The van der Waals surface area contributed by atoms with E-state index in [2.05, 4.69) is 5.32 Å². The monoisotopic (exact) mass is 428 g/mol. The van der Waals surface area contributed by atoms with Crippen LogP contribution >= 0.6 is 11.6 Å². The van der Waals surface area contributed by atoms with Gasteiger partial charge in [-0.3, -0.25) is 9.10 Å². The van der Waals surface area contributed by atoms with Crippen LogP contribution in [0.25, 0.3) is 0 Å². The molecule has 0 aromatic heterocycles. The number of carbonyl (C=O) groups excluding carboxylic acids is 1. The molecule has 2 aromatic carbocycles. The maximum Gasteiger partial charge on any atom is 0.245 e. The number of rotatable bonds is 8. The van der Waals surface area contributed by atoms with Gasteiger partial charge in [-0.15, -0.1) is 0 Å². The van der Waals surface area contributed by atoms with Gasteiger partial charge in [-0.2, -0.15) is 0 Å². The molecule has 0 aliphatic carbocycles. The fourth-order valence-corrected chi connectivity index (χ4v) is 3.50. The number of amides is 1. The molecule has 0 aliphatic rings. The van der Waals surface area contributed by atoms with Crippen molar-refractivity contribution in [3.05, 3.63) is 41.4 Å². The summed E-state index contributed by atoms with van der Waals surface area (Å²) < 4.78 is 41.2. The second-order valence-corrected chi connectivity index (χ2v) is 8.04. The fraction of sp³-hybridized carbons (Fsp3) is 0.278. The minimum Gasteiger partial charge on any atom is -0.497 e. The molecule has 10 heteroatoms. The van der Waals surface area contributed by atoms with Gasteiger partial charge in [0.05, 0.1) is 39.0 Å². The van der Waals surface area contributed by atoms with E-state index in [-0.39, 0.29) is 11.4 Å². The van der Waals surface area contributed by atoms with E-state index in [1.807, 2.05) is 0 Å². The topological polar surface area (TPSA) is 94.2 Å². The van der Waals surface area contributed by atoms with Crippen molar-refractivity contribution < 1.29 is 27.4 Å². The number of nitrogens with zero attached hydrogens (tertiary/aromatic N) is 1. The van der Waals surface area contributed by atoms with Crippen molar-refractivity contribution in [1.82, 2.24) is 0 Å². The molecule has 28 heavy (non-hydrogen) atoms. The maximum atomic E-state index is 12.6. The summed E-state index contributed by atoms with van der Waals surface area (Å²) in [5, 5.41) is 3.01. The van der Waals surface area contributed by atoms with Gasteiger partial charge in [0.1, 0.15) is 23.8 Å². The average Bonchev–Trinajstić information content (AvgIpc) is 2.65. The SMILES string of the molecule is COc1ccc(N(CC(=O)Nc2cc(Cl)ccc2OC)S(C)(=O)=O)c(OC)c1. The zero-order valence-electron chi connectivity index (χ0n) is 15.9. The Bertz CT molecular complexity index is 965. The molecule has 0 radical (unpaired) electrons. The first-order valence-electron chi connectivity index (χ1n) is 8.02. The highest BCUT2D eigenvalue weighted by Crippen LogP contribution is 2.34. The molecule has 0 unspecified atom stereocenters. The molecule has 152 valence electrons. The second kappa shape index (κ2) is 9.03. The van der Waals surface area contributed by atoms with E-state index in [1.165, 1.54) is 39.5 Å². The van der Waals surface area contributed by atoms with Crippen molar-refractivity contribution in [3.8, 4) is 17.2 Å². The summed E-state index contributed by atoms with van der Waals surface area (Å²) in [5.41, 5.74) is 0.536. The number of hydrogen-bond donors (Lipinski definition) is 1. The Balaban J connectivity index is 2.34. The normalized spacial score (nSPS) is 10.9. The molecular weight excluding hydrogens is 408 g/mol. The Labute approximate surface area is 169 Å². The van der Waals surface area contributed by atoms with E-state index in [0.717, 1.165) is 10.6 Å². The van der Waals surface area contributed by atoms with Gasteiger partial charge in [-0.05, 0) is 30.3 Å². The summed E-state index contributed by atoms with van der Waals surface area (Å²) in [6.07, 6.45) is 1.00. The number of halogens is 1. The minimum absolute atomic E-state index is 0.207. The van der Waals surface area contributed by atoms with Crippen LogP contribution in [0.2, 0.25) is 5.02 Å². The van der Waals surface area contributed by atoms with E-state index in [9.17, 15) is 13.2 Å². The standard InChI is InChI=1S/C18H21ClN2O6S/c1-25-13-6-7-15(17(10-13)27-3)21(28(4,23)24)11-18(22)20-14-9-12(19)5-8-16(14)26-2/h5-10H,11H2,1-4H3,(H,20,22). The third-order valence-electron chi connectivity index (χ3n) is 3.78. The number of nitrogens with one attached hydrogen (secondary N) is 1. The first-order chi connectivity index (χ1) is 13.2. The summed E-state index contributed by atoms with van der Waals surface area (Å²) in [4.78, 5) is 12.6. The van der Waals surface area contributed by atoms with Crippen molar-refractivity contribution >= 4 is 38.9 Å². The Morgan fingerprint density at radius 1 is 1.04 bits per heavy atom. The lowest BCUT2D eigenvalue weighted by molar-refractivity contribution is -0.114. The van der Waals surface area contributed by atoms with E-state index in [1.54, 1.807) is 18.2 Å². The lowest BCUT2D eigenvalue weighted by Gasteiger charge is -2.24. The molecule has 0 saturated carbocycles. The molecule has 0 saturated heterocycles. The number of anilines is 2. The highest BCUT2D eigenvalue weighted by molar-refractivity contribution is 7.92. The predicted octanol–water partition coefficient (Wildman–Crippen LogP) is 2.77. The molecule has 0 spiro atoms. The van der Waals surface area contributed by atoms with Crippen molar-refractivity contribution in [2.75, 3.05) is 43.8 Å². The van der Waals surface area contributed by atoms with Crippen LogP contribution in [0.1, 0.15) is 0 Å². The Kier molecular flexibility index (Phi) is 6.98. The molecule has 2 aromatic rings. The van der Waals surface area contributed by atoms with Crippen LogP contribution in [0, 0.1) is 0 Å². The van der Waals surface area contributed by atoms with Crippen LogP contribution < -0.4 is 23.8 Å². The molecule has 1 N–H and O–H groups in total. The van der Waals surface area contributed by atoms with Gasteiger partial charge in [-0.1, -0.05) is 11.6 Å². The Morgan fingerprint density at radius 3 is 2.29 bits per heavy atom. The largest absolute Gasteiger partial charge is 0.497 e. The van der Waals surface area contributed by atoms with Crippen molar-refractivity contribution in [3.63, 3.8) is 0 Å². The van der Waals surface area contributed by atoms with Crippen molar-refractivity contribution in [2.24, 2.45) is 0 Å². The van der Waals surface area contributed by atoms with Crippen LogP contribution in [0.15, 0.2) is 36.4 Å². The third-order valence-corrected chi connectivity index (χ3v) is 5.14. The summed E-state index contributed by atoms with van der Waals surface area (Å²) in [5.74, 6) is 0.551. The molecule has 0 bridgehead atoms. The molecule has 8 nitrogen and oxygen atoms in total. The van der Waals surface area contributed by atoms with Crippen molar-refractivity contribution in [2.45, 2.75) is 0 Å². The van der Waals surface area contributed by atoms with Gasteiger partial charge < -0.3 is 19.5 Å². The van der Waals surface area contributed by atoms with Gasteiger partial charge in [0.2, 0.25) is 15.9 Å². The van der Waals surface area contributed by atoms with Crippen LogP contribution in [-0.4, -0.2) is 48.5 Å². The maximum absolute atomic E-state index is 12.6. The third kappa shape index (κ3) is 5.20. The second-order valence-electron chi connectivity index (χ2n) is 5.70. The van der Waals surface area contributed by atoms with Crippen LogP contribution in [0.4, 0.5) is 11.4 Å². The summed E-state index contributed by atoms with van der Waals surface area (Å²) in [6, 6.07) is 9.34. The van der Waals surface area contributed by atoms with Crippen LogP contribution in [-0.2, 0) is 14.8 Å². The van der Waals surface area contributed by atoms with Crippen molar-refractivity contribution in [1.29, 1.82) is 0 Å². The summed E-state index contributed by atoms with van der Waals surface area (Å²) in [6.45, 7) is -0.475. The molecule has 0 aliphatic heterocycles. The molecule has 2 rings (SSSR count). The summed E-state index contributed by atoms with van der Waals surface area (Å²) >= 11 is 5.96. The lowest BCUT2D eigenvalue weighted by Crippen LogP contribution is -2.37. The zero-order valence-corrected chi connectivity index (χ0v) is 17.4. The number of sulfonamides is 1. The Morgan fingerprint density at radius 2 is 1.71 bits per heavy atom. The minimum atomic E-state index is -3.79. The van der Waals surface area contributed by atoms with Crippen LogP contribution in [0.5, 0.6) is 17.2 Å². The van der Waals surface area contributed by atoms with Gasteiger partial charge >= 0.3 is 0 Å². The number of carbonyl (C=O) groups is 1. The van der Waals surface area contributed by atoms with Gasteiger partial charge in [-0.25, -0.2) is 8.42 Å². The van der Waals surface area contributed by atoms with Crippen LogP contribution in [0.3, 0.4) is 0 Å². The number of methoxy groups -OCH3 is 3. The average molecular weight is 429 g/mol. The quantitative estimate of drug-likeness (QED) is 0.694. The van der Waals surface area contributed by atoms with E-state index >= 15 is 0 Å². The molecule has 0 atom stereocenters. The fourth-order valence-electron chi connectivity index (χ4n) is 2.47. The van der Waals surface area contributed by atoms with Gasteiger partial charge in [0, 0.05) is 11.1 Å². The Hall–Kier alpha value is -2.65. The summed E-state index contributed by atoms with van der Waals surface area (Å²) in [7, 11) is 0.541. The number of benzene rings is 2. The lowest BCUT2D eigenvalue weighted by atomic mass is 10.2.